The van der Waals surface area contributed by atoms with Crippen molar-refractivity contribution in [3.8, 4) is 28.5 Å². The second kappa shape index (κ2) is 10.2. The molecule has 3 heterocycles. The van der Waals surface area contributed by atoms with Crippen molar-refractivity contribution in [3.63, 3.8) is 0 Å². The third-order valence-electron chi connectivity index (χ3n) is 6.61. The number of pyridine rings is 1. The Labute approximate surface area is 241 Å². The fourth-order valence-corrected chi connectivity index (χ4v) is 6.45. The number of aliphatic hydroxyl groups excluding tert-OH is 1. The van der Waals surface area contributed by atoms with E-state index >= 15 is 0 Å². The van der Waals surface area contributed by atoms with E-state index in [1.807, 2.05) is 0 Å². The number of aromatic amines is 3. The van der Waals surface area contributed by atoms with Crippen LogP contribution < -0.4 is 21.5 Å². The van der Waals surface area contributed by atoms with Gasteiger partial charge in [0.1, 0.15) is 40.5 Å². The fourth-order valence-electron chi connectivity index (χ4n) is 4.66. The van der Waals surface area contributed by atoms with Crippen LogP contribution in [0.15, 0.2) is 43.0 Å². The number of oxime groups is 1. The largest absolute Gasteiger partial charge is 0.506 e. The monoisotopic (exact) mass is 681 g/mol. The Bertz CT molecular complexity index is 1710. The van der Waals surface area contributed by atoms with Gasteiger partial charge in [-0.1, -0.05) is 5.16 Å². The van der Waals surface area contributed by atoms with Crippen LogP contribution in [0.4, 0.5) is 5.95 Å². The first-order valence-electron chi connectivity index (χ1n) is 11.7. The number of halogens is 2. The van der Waals surface area contributed by atoms with Crippen molar-refractivity contribution >= 4 is 60.3 Å². The van der Waals surface area contributed by atoms with Gasteiger partial charge >= 0.3 is 5.95 Å². The van der Waals surface area contributed by atoms with Gasteiger partial charge in [-0.15, -0.1) is 0 Å². The van der Waals surface area contributed by atoms with E-state index in [2.05, 4.69) is 57.3 Å². The summed E-state index contributed by atoms with van der Waals surface area (Å²) in [5.74, 6) is -1.48. The quantitative estimate of drug-likeness (QED) is 0.174. The lowest BCUT2D eigenvalue weighted by molar-refractivity contribution is -0.345. The SMILES string of the molecule is COC1=C(Br)[C@H](O)[C@@]2(C=C1Br)CC(C(=O)NCCc1[nH]c(N)[nH+]c1-c1cc(O)c3[nH]cc(O)c(=O)c3c1O)=NO2. The van der Waals surface area contributed by atoms with Crippen LogP contribution in [0.2, 0.25) is 0 Å². The summed E-state index contributed by atoms with van der Waals surface area (Å²) < 4.78 is 6.13. The van der Waals surface area contributed by atoms with Crippen LogP contribution in [0.1, 0.15) is 12.1 Å². The minimum absolute atomic E-state index is 0.0126. The number of hydrogen-bond acceptors (Lipinski definition) is 10. The van der Waals surface area contributed by atoms with Gasteiger partial charge in [0.25, 0.3) is 5.91 Å². The molecule has 0 bridgehead atoms. The molecule has 2 aliphatic rings. The molecule has 1 aromatic carbocycles. The highest BCUT2D eigenvalue weighted by Crippen LogP contribution is 2.44. The fraction of sp³-hybridized carbons (Fsp3) is 0.250. The van der Waals surface area contributed by atoms with E-state index in [0.29, 0.717) is 20.4 Å². The Morgan fingerprint density at radius 1 is 1.35 bits per heavy atom. The highest BCUT2D eigenvalue weighted by Gasteiger charge is 2.50. The van der Waals surface area contributed by atoms with Gasteiger partial charge in [-0.05, 0) is 44.0 Å². The van der Waals surface area contributed by atoms with Gasteiger partial charge in [0.2, 0.25) is 5.43 Å². The number of phenols is 2. The van der Waals surface area contributed by atoms with Crippen molar-refractivity contribution in [2.75, 3.05) is 19.4 Å². The number of nitrogens with two attached hydrogens (primary N) is 1. The minimum Gasteiger partial charge on any atom is -0.506 e. The van der Waals surface area contributed by atoms with Gasteiger partial charge in [0.15, 0.2) is 11.4 Å². The van der Waals surface area contributed by atoms with Crippen molar-refractivity contribution in [1.29, 1.82) is 0 Å². The molecule has 2 atom stereocenters. The van der Waals surface area contributed by atoms with Crippen LogP contribution in [0.25, 0.3) is 22.2 Å². The number of aliphatic hydroxyl groups is 1. The van der Waals surface area contributed by atoms with E-state index in [1.54, 1.807) is 6.08 Å². The standard InChI is InChI=1S/C24H22Br2N6O8/c1-39-20-9(25)5-24(21(37)15(20)26)6-11(32-40-24)22(38)28-3-2-10-16(31-23(27)30-10)8-4-12(33)17-14(18(8)35)19(36)13(34)7-29-17/h4-5,7,21,33-35,37H,2-3,6H2,1H3,(H,28,38)(H,29,36)(H3,27,30,31)/p+1/t21-,24+/m0/s1. The second-order valence-electron chi connectivity index (χ2n) is 9.11. The number of amides is 1. The summed E-state index contributed by atoms with van der Waals surface area (Å²) in [4.78, 5) is 39.1. The molecular weight excluding hydrogens is 660 g/mol. The molecule has 0 unspecified atom stereocenters. The summed E-state index contributed by atoms with van der Waals surface area (Å²) in [6.45, 7) is 0.0901. The Balaban J connectivity index is 1.32. The first-order valence-corrected chi connectivity index (χ1v) is 13.3. The maximum atomic E-state index is 12.9. The average molecular weight is 683 g/mol. The summed E-state index contributed by atoms with van der Waals surface area (Å²) in [6.07, 6.45) is 1.60. The van der Waals surface area contributed by atoms with E-state index in [-0.39, 0.29) is 59.0 Å². The molecule has 40 heavy (non-hydrogen) atoms. The first-order chi connectivity index (χ1) is 19.0. The van der Waals surface area contributed by atoms with Gasteiger partial charge in [0, 0.05) is 25.6 Å². The number of benzene rings is 1. The number of phenolic OH excluding ortho intramolecular Hbond substituents is 2. The van der Waals surface area contributed by atoms with Gasteiger partial charge in [0.05, 0.1) is 32.5 Å². The van der Waals surface area contributed by atoms with Crippen LogP contribution in [0.5, 0.6) is 17.2 Å². The van der Waals surface area contributed by atoms with Gasteiger partial charge in [-0.25, -0.2) is 9.97 Å². The number of H-pyrrole nitrogens is 3. The molecule has 10 N–H and O–H groups in total. The number of nitrogens with one attached hydrogen (secondary N) is 4. The smallest absolute Gasteiger partial charge is 0.350 e. The molecule has 5 rings (SSSR count). The molecule has 1 amide bonds. The number of allylic oxidation sites excluding steroid dienone is 1. The number of fused-ring (bicyclic) bond motifs is 1. The number of carbonyl (C=O) groups is 1. The Hall–Kier alpha value is -4.02. The van der Waals surface area contributed by atoms with Crippen molar-refractivity contribution < 1.29 is 39.8 Å². The summed E-state index contributed by atoms with van der Waals surface area (Å²) >= 11 is 6.68. The number of methoxy groups -OCH3 is 1. The van der Waals surface area contributed by atoms with Crippen molar-refractivity contribution in [2.45, 2.75) is 24.5 Å². The minimum atomic E-state index is -1.30. The van der Waals surface area contributed by atoms with Crippen molar-refractivity contribution in [2.24, 2.45) is 5.16 Å². The lowest BCUT2D eigenvalue weighted by Crippen LogP contribution is -2.45. The lowest BCUT2D eigenvalue weighted by Gasteiger charge is -2.33. The Morgan fingerprint density at radius 3 is 2.83 bits per heavy atom. The highest BCUT2D eigenvalue weighted by molar-refractivity contribution is 9.12. The topological polar surface area (TPSA) is 230 Å². The molecule has 0 fully saturated rings. The molecule has 0 radical (unpaired) electrons. The van der Waals surface area contributed by atoms with Gasteiger partial charge < -0.3 is 40.3 Å². The molecule has 14 nitrogen and oxygen atoms in total. The molecule has 0 saturated heterocycles. The molecular formula is C24H23Br2N6O8+. The number of aromatic nitrogens is 3. The molecule has 3 aromatic rings. The number of carbonyl (C=O) groups excluding carboxylic acids is 1. The van der Waals surface area contributed by atoms with Crippen molar-refractivity contribution in [1.82, 2.24) is 15.3 Å². The molecule has 2 aromatic heterocycles. The third-order valence-corrected chi connectivity index (χ3v) is 8.00. The number of nitrogen functional groups attached to an aromatic ring is 1. The maximum absolute atomic E-state index is 12.9. The zero-order chi connectivity index (χ0) is 28.9. The van der Waals surface area contributed by atoms with Crippen LogP contribution >= 0.6 is 31.9 Å². The zero-order valence-electron chi connectivity index (χ0n) is 20.6. The zero-order valence-corrected chi connectivity index (χ0v) is 23.8. The molecule has 210 valence electrons. The summed E-state index contributed by atoms with van der Waals surface area (Å²) in [6, 6.07) is 1.23. The average Bonchev–Trinajstić information content (AvgIpc) is 3.50. The van der Waals surface area contributed by atoms with Gasteiger partial charge in [-0.3, -0.25) is 15.3 Å². The number of imidazole rings is 1. The Kier molecular flexibility index (Phi) is 7.01. The summed E-state index contributed by atoms with van der Waals surface area (Å²) in [5.41, 5.74) is 4.49. The predicted octanol–water partition coefficient (Wildman–Crippen LogP) is 1.12. The van der Waals surface area contributed by atoms with E-state index in [1.165, 1.54) is 13.2 Å². The number of nitrogens with zero attached hydrogens (tertiary/aromatic N) is 1. The van der Waals surface area contributed by atoms with Crippen LogP contribution in [0.3, 0.4) is 0 Å². The predicted molar refractivity (Wildman–Crippen MR) is 149 cm³/mol. The number of ether oxygens (including phenoxy) is 1. The molecule has 1 aliphatic heterocycles. The first kappa shape index (κ1) is 27.5. The molecule has 1 spiro atoms. The normalized spacial score (nSPS) is 20.4. The van der Waals surface area contributed by atoms with Crippen LogP contribution in [-0.4, -0.2) is 67.4 Å². The van der Waals surface area contributed by atoms with Crippen molar-refractivity contribution in [3.05, 3.63) is 49.0 Å². The lowest BCUT2D eigenvalue weighted by atomic mass is 9.87. The van der Waals surface area contributed by atoms with Crippen LogP contribution in [0, 0.1) is 0 Å². The Morgan fingerprint density at radius 2 is 2.10 bits per heavy atom. The highest BCUT2D eigenvalue weighted by atomic mass is 79.9. The molecule has 0 saturated carbocycles. The number of aromatic hydroxyl groups is 3. The number of anilines is 1. The molecule has 1 aliphatic carbocycles. The third kappa shape index (κ3) is 4.47. The van der Waals surface area contributed by atoms with E-state index in [4.69, 9.17) is 15.3 Å². The van der Waals surface area contributed by atoms with Crippen LogP contribution in [-0.2, 0) is 20.8 Å². The van der Waals surface area contributed by atoms with Gasteiger partial charge in [-0.2, -0.15) is 0 Å². The maximum Gasteiger partial charge on any atom is 0.350 e. The number of rotatable bonds is 6. The summed E-state index contributed by atoms with van der Waals surface area (Å²) in [7, 11) is 1.46. The van der Waals surface area contributed by atoms with E-state index in [0.717, 1.165) is 6.20 Å². The van der Waals surface area contributed by atoms with E-state index in [9.17, 15) is 30.0 Å². The summed E-state index contributed by atoms with van der Waals surface area (Å²) in [5, 5.41) is 48.2. The number of hydrogen-bond donors (Lipinski definition) is 8. The molecule has 16 heteroatoms. The van der Waals surface area contributed by atoms with E-state index < -0.39 is 34.5 Å². The second-order valence-corrected chi connectivity index (χ2v) is 10.8.